The number of hydrogen-bond acceptors (Lipinski definition) is 5. The van der Waals surface area contributed by atoms with Crippen LogP contribution in [-0.2, 0) is 13.0 Å². The Morgan fingerprint density at radius 3 is 2.95 bits per heavy atom. The lowest BCUT2D eigenvalue weighted by molar-refractivity contribution is 0.579. The van der Waals surface area contributed by atoms with E-state index in [-0.39, 0.29) is 0 Å². The third-order valence-corrected chi connectivity index (χ3v) is 3.94. The van der Waals surface area contributed by atoms with Gasteiger partial charge in [-0.15, -0.1) is 0 Å². The highest BCUT2D eigenvalue weighted by atomic mass is 35.5. The van der Waals surface area contributed by atoms with E-state index in [0.717, 1.165) is 30.1 Å². The Hall–Kier alpha value is -2.40. The summed E-state index contributed by atoms with van der Waals surface area (Å²) in [6.45, 7) is 1.52. The van der Waals surface area contributed by atoms with Gasteiger partial charge < -0.3 is 9.32 Å². The van der Waals surface area contributed by atoms with Crippen LogP contribution in [0.5, 0.6) is 0 Å². The third kappa shape index (κ3) is 2.44. The molecule has 1 aliphatic rings. The quantitative estimate of drug-likeness (QED) is 0.679. The van der Waals surface area contributed by atoms with Gasteiger partial charge in [0.05, 0.1) is 18.5 Å². The van der Waals surface area contributed by atoms with Crippen LogP contribution in [0.4, 0.5) is 5.95 Å². The molecule has 4 heterocycles. The molecular formula is C16H13ClN4O. The molecule has 0 radical (unpaired) electrons. The maximum atomic E-state index is 5.99. The van der Waals surface area contributed by atoms with Crippen LogP contribution in [0.15, 0.2) is 47.2 Å². The summed E-state index contributed by atoms with van der Waals surface area (Å²) in [5.74, 6) is 1.42. The summed E-state index contributed by atoms with van der Waals surface area (Å²) in [4.78, 5) is 15.5. The number of fused-ring (bicyclic) bond motifs is 1. The Kier molecular flexibility index (Phi) is 3.27. The van der Waals surface area contributed by atoms with Crippen molar-refractivity contribution < 1.29 is 4.42 Å². The van der Waals surface area contributed by atoms with Crippen molar-refractivity contribution in [3.8, 4) is 11.5 Å². The fourth-order valence-electron chi connectivity index (χ4n) is 2.62. The van der Waals surface area contributed by atoms with Crippen molar-refractivity contribution in [1.82, 2.24) is 15.0 Å². The Morgan fingerprint density at radius 1 is 1.14 bits per heavy atom. The minimum Gasteiger partial charge on any atom is -0.463 e. The summed E-state index contributed by atoms with van der Waals surface area (Å²) >= 11 is 5.99. The Bertz CT molecular complexity index is 804. The lowest BCUT2D eigenvalue weighted by Crippen LogP contribution is -2.32. The molecule has 0 aromatic carbocycles. The monoisotopic (exact) mass is 312 g/mol. The molecule has 1 aliphatic heterocycles. The Balaban J connectivity index is 1.65. The zero-order chi connectivity index (χ0) is 14.9. The molecule has 0 spiro atoms. The number of hydrogen-bond donors (Lipinski definition) is 0. The van der Waals surface area contributed by atoms with E-state index in [1.807, 2.05) is 30.3 Å². The normalized spacial score (nSPS) is 14.0. The van der Waals surface area contributed by atoms with Crippen molar-refractivity contribution in [3.05, 3.63) is 59.2 Å². The average Bonchev–Trinajstić information content (AvgIpc) is 3.09. The van der Waals surface area contributed by atoms with Crippen LogP contribution >= 0.6 is 11.6 Å². The lowest BCUT2D eigenvalue weighted by Gasteiger charge is -2.28. The summed E-state index contributed by atoms with van der Waals surface area (Å²) in [6.07, 6.45) is 4.30. The average molecular weight is 313 g/mol. The molecule has 4 rings (SSSR count). The van der Waals surface area contributed by atoms with E-state index in [0.29, 0.717) is 17.6 Å². The smallest absolute Gasteiger partial charge is 0.226 e. The topological polar surface area (TPSA) is 55.1 Å². The van der Waals surface area contributed by atoms with Gasteiger partial charge >= 0.3 is 0 Å². The number of furan rings is 1. The molecule has 0 unspecified atom stereocenters. The van der Waals surface area contributed by atoms with Gasteiger partial charge in [0.15, 0.2) is 5.76 Å². The van der Waals surface area contributed by atoms with Gasteiger partial charge in [0.25, 0.3) is 0 Å². The van der Waals surface area contributed by atoms with E-state index in [9.17, 15) is 0 Å². The molecular weight excluding hydrogens is 300 g/mol. The molecule has 0 saturated heterocycles. The van der Waals surface area contributed by atoms with E-state index in [1.165, 1.54) is 5.56 Å². The fourth-order valence-corrected chi connectivity index (χ4v) is 2.78. The summed E-state index contributed by atoms with van der Waals surface area (Å²) in [7, 11) is 0. The first kappa shape index (κ1) is 13.3. The van der Waals surface area contributed by atoms with Crippen LogP contribution in [0.3, 0.4) is 0 Å². The zero-order valence-corrected chi connectivity index (χ0v) is 12.5. The Labute approximate surface area is 132 Å². The molecule has 110 valence electrons. The molecule has 0 amide bonds. The van der Waals surface area contributed by atoms with Gasteiger partial charge in [-0.1, -0.05) is 17.7 Å². The van der Waals surface area contributed by atoms with E-state index in [4.69, 9.17) is 16.0 Å². The molecule has 0 bridgehead atoms. The van der Waals surface area contributed by atoms with Gasteiger partial charge in [0.2, 0.25) is 5.95 Å². The highest BCUT2D eigenvalue weighted by molar-refractivity contribution is 6.29. The van der Waals surface area contributed by atoms with Crippen LogP contribution in [-0.4, -0.2) is 21.5 Å². The minimum absolute atomic E-state index is 0.519. The molecule has 5 nitrogen and oxygen atoms in total. The van der Waals surface area contributed by atoms with Crippen LogP contribution in [0.1, 0.15) is 11.3 Å². The molecule has 3 aromatic rings. The van der Waals surface area contributed by atoms with Crippen LogP contribution in [0.25, 0.3) is 11.5 Å². The maximum Gasteiger partial charge on any atom is 0.226 e. The number of halogens is 1. The van der Waals surface area contributed by atoms with Gasteiger partial charge in [-0.2, -0.15) is 0 Å². The highest BCUT2D eigenvalue weighted by Gasteiger charge is 2.20. The zero-order valence-electron chi connectivity index (χ0n) is 11.7. The second-order valence-electron chi connectivity index (χ2n) is 5.13. The molecule has 0 atom stereocenters. The van der Waals surface area contributed by atoms with Gasteiger partial charge in [-0.05, 0) is 36.2 Å². The number of nitrogens with zero attached hydrogens (tertiary/aromatic N) is 4. The van der Waals surface area contributed by atoms with E-state index >= 15 is 0 Å². The molecule has 22 heavy (non-hydrogen) atoms. The Morgan fingerprint density at radius 2 is 2.09 bits per heavy atom. The van der Waals surface area contributed by atoms with E-state index < -0.39 is 0 Å². The summed E-state index contributed by atoms with van der Waals surface area (Å²) in [5, 5.41) is 0.519. The van der Waals surface area contributed by atoms with Crippen molar-refractivity contribution in [2.45, 2.75) is 13.0 Å². The lowest BCUT2D eigenvalue weighted by atomic mass is 10.1. The molecule has 0 fully saturated rings. The third-order valence-electron chi connectivity index (χ3n) is 3.73. The molecule has 6 heteroatoms. The highest BCUT2D eigenvalue weighted by Crippen LogP contribution is 2.24. The summed E-state index contributed by atoms with van der Waals surface area (Å²) in [5.41, 5.74) is 3.01. The van der Waals surface area contributed by atoms with Crippen LogP contribution in [0.2, 0.25) is 5.15 Å². The van der Waals surface area contributed by atoms with Gasteiger partial charge in [0.1, 0.15) is 10.8 Å². The molecule has 0 saturated carbocycles. The standard InChI is InChI=1S/C16H13ClN4O/c17-15-4-3-11-6-8-21(10-13(11)19-15)16-18-7-5-12(20-16)14-2-1-9-22-14/h1-5,7,9H,6,8,10H2. The van der Waals surface area contributed by atoms with Gasteiger partial charge in [0, 0.05) is 12.7 Å². The first-order chi connectivity index (χ1) is 10.8. The van der Waals surface area contributed by atoms with E-state index in [1.54, 1.807) is 12.5 Å². The number of pyridine rings is 1. The van der Waals surface area contributed by atoms with Crippen LogP contribution in [0, 0.1) is 0 Å². The first-order valence-electron chi connectivity index (χ1n) is 7.06. The number of aromatic nitrogens is 3. The van der Waals surface area contributed by atoms with Crippen molar-refractivity contribution in [2.75, 3.05) is 11.4 Å². The van der Waals surface area contributed by atoms with Crippen molar-refractivity contribution >= 4 is 17.5 Å². The SMILES string of the molecule is Clc1ccc2c(n1)CN(c1nccc(-c3ccco3)n1)CC2. The van der Waals surface area contributed by atoms with Crippen molar-refractivity contribution in [3.63, 3.8) is 0 Å². The minimum atomic E-state index is 0.519. The molecule has 3 aromatic heterocycles. The maximum absolute atomic E-state index is 5.99. The summed E-state index contributed by atoms with van der Waals surface area (Å²) < 4.78 is 5.40. The fraction of sp³-hybridized carbons (Fsp3) is 0.188. The van der Waals surface area contributed by atoms with Gasteiger partial charge in [-0.25, -0.2) is 15.0 Å². The molecule has 0 aliphatic carbocycles. The number of rotatable bonds is 2. The van der Waals surface area contributed by atoms with Crippen molar-refractivity contribution in [2.24, 2.45) is 0 Å². The predicted octanol–water partition coefficient (Wildman–Crippen LogP) is 3.35. The summed E-state index contributed by atoms with van der Waals surface area (Å²) in [6, 6.07) is 9.46. The van der Waals surface area contributed by atoms with Gasteiger partial charge in [-0.3, -0.25) is 0 Å². The number of anilines is 1. The largest absolute Gasteiger partial charge is 0.463 e. The second kappa shape index (κ2) is 5.42. The van der Waals surface area contributed by atoms with E-state index in [2.05, 4.69) is 19.9 Å². The second-order valence-corrected chi connectivity index (χ2v) is 5.52. The van der Waals surface area contributed by atoms with Crippen LogP contribution < -0.4 is 4.90 Å². The van der Waals surface area contributed by atoms with Crippen molar-refractivity contribution in [1.29, 1.82) is 0 Å². The molecule has 0 N–H and O–H groups in total. The predicted molar refractivity (Wildman–Crippen MR) is 83.7 cm³/mol. The first-order valence-corrected chi connectivity index (χ1v) is 7.43.